The lowest BCUT2D eigenvalue weighted by atomic mass is 10.1. The molecule has 4 nitrogen and oxygen atoms in total. The molecule has 0 radical (unpaired) electrons. The Morgan fingerprint density at radius 3 is 3.06 bits per heavy atom. The number of aromatic carboxylic acids is 1. The number of carbonyl (C=O) groups is 1. The zero-order valence-corrected chi connectivity index (χ0v) is 10.0. The van der Waals surface area contributed by atoms with E-state index in [2.05, 4.69) is 11.9 Å². The highest BCUT2D eigenvalue weighted by Gasteiger charge is 2.27. The Hall–Kier alpha value is -0.940. The van der Waals surface area contributed by atoms with E-state index in [-0.39, 0.29) is 11.6 Å². The van der Waals surface area contributed by atoms with E-state index in [1.807, 2.05) is 0 Å². The highest BCUT2D eigenvalue weighted by atomic mass is 32.1. The summed E-state index contributed by atoms with van der Waals surface area (Å²) in [5, 5.41) is 10.0. The number of rotatable bonds is 4. The third-order valence-corrected chi connectivity index (χ3v) is 3.94. The molecule has 1 aliphatic rings. The maximum absolute atomic E-state index is 11.1. The van der Waals surface area contributed by atoms with E-state index >= 15 is 0 Å². The van der Waals surface area contributed by atoms with Gasteiger partial charge in [0, 0.05) is 17.4 Å². The van der Waals surface area contributed by atoms with E-state index < -0.39 is 5.97 Å². The molecule has 16 heavy (non-hydrogen) atoms. The van der Waals surface area contributed by atoms with Crippen molar-refractivity contribution in [2.45, 2.75) is 32.1 Å². The summed E-state index contributed by atoms with van der Waals surface area (Å²) in [5.74, 6) is -0.685. The molecule has 1 fully saturated rings. The van der Waals surface area contributed by atoms with Crippen molar-refractivity contribution >= 4 is 17.3 Å². The summed E-state index contributed by atoms with van der Waals surface area (Å²) in [7, 11) is 0. The van der Waals surface area contributed by atoms with E-state index in [4.69, 9.17) is 9.84 Å². The maximum atomic E-state index is 11.1. The molecule has 1 saturated heterocycles. The van der Waals surface area contributed by atoms with Crippen molar-refractivity contribution in [2.24, 2.45) is 0 Å². The van der Waals surface area contributed by atoms with Crippen LogP contribution in [0.3, 0.4) is 0 Å². The maximum Gasteiger partial charge on any atom is 0.355 e. The van der Waals surface area contributed by atoms with Gasteiger partial charge in [0.2, 0.25) is 0 Å². The first-order valence-corrected chi connectivity index (χ1v) is 6.34. The SMILES string of the molecule is CCCc1nc(C(=O)O)c(C2CCOC2)s1. The predicted molar refractivity (Wildman–Crippen MR) is 61.2 cm³/mol. The van der Waals surface area contributed by atoms with Gasteiger partial charge in [0.1, 0.15) is 0 Å². The largest absolute Gasteiger partial charge is 0.476 e. The van der Waals surface area contributed by atoms with Crippen molar-refractivity contribution in [1.29, 1.82) is 0 Å². The molecule has 1 atom stereocenters. The second-order valence-electron chi connectivity index (χ2n) is 3.94. The average molecular weight is 241 g/mol. The lowest BCUT2D eigenvalue weighted by Gasteiger charge is -2.03. The number of hydrogen-bond donors (Lipinski definition) is 1. The summed E-state index contributed by atoms with van der Waals surface area (Å²) >= 11 is 1.54. The van der Waals surface area contributed by atoms with Crippen LogP contribution in [0.15, 0.2) is 0 Å². The van der Waals surface area contributed by atoms with Crippen molar-refractivity contribution in [1.82, 2.24) is 4.98 Å². The molecule has 0 aromatic carbocycles. The quantitative estimate of drug-likeness (QED) is 0.878. The fraction of sp³-hybridized carbons (Fsp3) is 0.636. The molecule has 2 heterocycles. The summed E-state index contributed by atoms with van der Waals surface area (Å²) in [4.78, 5) is 16.2. The summed E-state index contributed by atoms with van der Waals surface area (Å²) in [6, 6.07) is 0. The molecule has 2 rings (SSSR count). The zero-order valence-electron chi connectivity index (χ0n) is 9.23. The molecule has 0 saturated carbocycles. The van der Waals surface area contributed by atoms with Gasteiger partial charge in [-0.1, -0.05) is 6.92 Å². The zero-order chi connectivity index (χ0) is 11.5. The predicted octanol–water partition coefficient (Wildman–Crippen LogP) is 2.30. The minimum atomic E-state index is -0.916. The number of hydrogen-bond acceptors (Lipinski definition) is 4. The molecule has 1 unspecified atom stereocenters. The van der Waals surface area contributed by atoms with Gasteiger partial charge in [0.05, 0.1) is 11.6 Å². The monoisotopic (exact) mass is 241 g/mol. The molecule has 5 heteroatoms. The standard InChI is InChI=1S/C11H15NO3S/c1-2-3-8-12-9(11(13)14)10(16-8)7-4-5-15-6-7/h7H,2-6H2,1H3,(H,13,14). The molecule has 1 aromatic heterocycles. The second kappa shape index (κ2) is 4.93. The number of aryl methyl sites for hydroxylation is 1. The third-order valence-electron chi connectivity index (χ3n) is 2.66. The van der Waals surface area contributed by atoms with Crippen LogP contribution in [-0.2, 0) is 11.2 Å². The van der Waals surface area contributed by atoms with Crippen molar-refractivity contribution in [2.75, 3.05) is 13.2 Å². The Morgan fingerprint density at radius 2 is 2.50 bits per heavy atom. The minimum absolute atomic E-state index is 0.231. The van der Waals surface area contributed by atoms with Gasteiger partial charge in [-0.05, 0) is 19.3 Å². The van der Waals surface area contributed by atoms with Gasteiger partial charge in [-0.25, -0.2) is 9.78 Å². The highest BCUT2D eigenvalue weighted by Crippen LogP contribution is 2.33. The van der Waals surface area contributed by atoms with E-state index in [9.17, 15) is 4.79 Å². The van der Waals surface area contributed by atoms with E-state index in [1.54, 1.807) is 0 Å². The van der Waals surface area contributed by atoms with Crippen LogP contribution in [0.1, 0.15) is 46.1 Å². The normalized spacial score (nSPS) is 20.2. The lowest BCUT2D eigenvalue weighted by Crippen LogP contribution is -2.05. The van der Waals surface area contributed by atoms with Gasteiger partial charge in [-0.3, -0.25) is 0 Å². The molecule has 0 bridgehead atoms. The van der Waals surface area contributed by atoms with E-state index in [0.717, 1.165) is 35.8 Å². The fourth-order valence-corrected chi connectivity index (χ4v) is 3.15. The lowest BCUT2D eigenvalue weighted by molar-refractivity contribution is 0.0689. The number of carboxylic acid groups (broad SMARTS) is 1. The minimum Gasteiger partial charge on any atom is -0.476 e. The van der Waals surface area contributed by atoms with Crippen molar-refractivity contribution in [3.8, 4) is 0 Å². The van der Waals surface area contributed by atoms with Gasteiger partial charge in [-0.2, -0.15) is 0 Å². The molecule has 0 spiro atoms. The van der Waals surface area contributed by atoms with Gasteiger partial charge in [0.15, 0.2) is 5.69 Å². The van der Waals surface area contributed by atoms with Crippen molar-refractivity contribution in [3.05, 3.63) is 15.6 Å². The van der Waals surface area contributed by atoms with Crippen LogP contribution >= 0.6 is 11.3 Å². The van der Waals surface area contributed by atoms with Gasteiger partial charge >= 0.3 is 5.97 Å². The molecule has 0 amide bonds. The van der Waals surface area contributed by atoms with Crippen LogP contribution in [0.25, 0.3) is 0 Å². The van der Waals surface area contributed by atoms with E-state index in [1.165, 1.54) is 11.3 Å². The number of ether oxygens (including phenoxy) is 1. The molecule has 1 N–H and O–H groups in total. The fourth-order valence-electron chi connectivity index (χ4n) is 1.87. The first kappa shape index (κ1) is 11.5. The van der Waals surface area contributed by atoms with Crippen LogP contribution < -0.4 is 0 Å². The first-order chi connectivity index (χ1) is 7.72. The summed E-state index contributed by atoms with van der Waals surface area (Å²) in [6.45, 7) is 3.43. The van der Waals surface area contributed by atoms with Crippen molar-refractivity contribution in [3.63, 3.8) is 0 Å². The molecular weight excluding hydrogens is 226 g/mol. The van der Waals surface area contributed by atoms with Crippen LogP contribution in [0.5, 0.6) is 0 Å². The Kier molecular flexibility index (Phi) is 3.56. The van der Waals surface area contributed by atoms with Crippen LogP contribution in [0, 0.1) is 0 Å². The second-order valence-corrected chi connectivity index (χ2v) is 5.05. The Labute approximate surface area is 98.3 Å². The van der Waals surface area contributed by atoms with Crippen molar-refractivity contribution < 1.29 is 14.6 Å². The molecule has 0 aliphatic carbocycles. The molecule has 1 aromatic rings. The smallest absolute Gasteiger partial charge is 0.355 e. The summed E-state index contributed by atoms with van der Waals surface area (Å²) in [5.41, 5.74) is 0.240. The number of carboxylic acids is 1. The van der Waals surface area contributed by atoms with E-state index in [0.29, 0.717) is 6.61 Å². The number of thiazole rings is 1. The number of aromatic nitrogens is 1. The molecule has 88 valence electrons. The highest BCUT2D eigenvalue weighted by molar-refractivity contribution is 7.12. The van der Waals surface area contributed by atoms with Crippen LogP contribution in [0.4, 0.5) is 0 Å². The van der Waals surface area contributed by atoms with Gasteiger partial charge < -0.3 is 9.84 Å². The Morgan fingerprint density at radius 1 is 1.69 bits per heavy atom. The van der Waals surface area contributed by atoms with Crippen LogP contribution in [0.2, 0.25) is 0 Å². The van der Waals surface area contributed by atoms with Crippen LogP contribution in [-0.4, -0.2) is 29.3 Å². The topological polar surface area (TPSA) is 59.4 Å². The molecular formula is C11H15NO3S. The first-order valence-electron chi connectivity index (χ1n) is 5.53. The Balaban J connectivity index is 2.29. The molecule has 1 aliphatic heterocycles. The van der Waals surface area contributed by atoms with Gasteiger partial charge in [0.25, 0.3) is 0 Å². The number of nitrogens with zero attached hydrogens (tertiary/aromatic N) is 1. The summed E-state index contributed by atoms with van der Waals surface area (Å²) in [6.07, 6.45) is 2.76. The Bertz CT molecular complexity index is 383. The average Bonchev–Trinajstić information content (AvgIpc) is 2.83. The third kappa shape index (κ3) is 2.25. The summed E-state index contributed by atoms with van der Waals surface area (Å²) < 4.78 is 5.30. The van der Waals surface area contributed by atoms with Gasteiger partial charge in [-0.15, -0.1) is 11.3 Å².